The van der Waals surface area contributed by atoms with Crippen molar-refractivity contribution in [2.24, 2.45) is 5.84 Å². The maximum Gasteiger partial charge on any atom is 0.119 e. The highest BCUT2D eigenvalue weighted by molar-refractivity contribution is 7.99. The molecule has 0 saturated heterocycles. The number of nitrogens with two attached hydrogens (primary N) is 1. The average Bonchev–Trinajstić information content (AvgIpc) is 2.50. The zero-order valence-electron chi connectivity index (χ0n) is 11.8. The Morgan fingerprint density at radius 2 is 1.95 bits per heavy atom. The van der Waals surface area contributed by atoms with Gasteiger partial charge in [0.05, 0.1) is 13.2 Å². The number of hydrazine groups is 1. The van der Waals surface area contributed by atoms with Gasteiger partial charge >= 0.3 is 0 Å². The van der Waals surface area contributed by atoms with Gasteiger partial charge in [-0.05, 0) is 42.3 Å². The molecule has 106 valence electrons. The molecular formula is C16H20N2OS. The summed E-state index contributed by atoms with van der Waals surface area (Å²) in [5, 5.41) is 0. The molecule has 0 spiro atoms. The summed E-state index contributed by atoms with van der Waals surface area (Å²) < 4.78 is 5.24. The lowest BCUT2D eigenvalue weighted by Gasteiger charge is -2.18. The van der Waals surface area contributed by atoms with E-state index in [1.807, 2.05) is 30.3 Å². The molecule has 0 heterocycles. The van der Waals surface area contributed by atoms with Gasteiger partial charge in [0.2, 0.25) is 0 Å². The van der Waals surface area contributed by atoms with E-state index in [9.17, 15) is 0 Å². The van der Waals surface area contributed by atoms with Gasteiger partial charge in [-0.2, -0.15) is 0 Å². The first-order chi connectivity index (χ1) is 9.74. The molecule has 20 heavy (non-hydrogen) atoms. The SMILES string of the molecule is COc1ccc(C(CSc2ccccc2)NN)c(C)c1. The van der Waals surface area contributed by atoms with Crippen molar-refractivity contribution >= 4 is 11.8 Å². The maximum atomic E-state index is 5.71. The molecule has 2 rings (SSSR count). The van der Waals surface area contributed by atoms with Crippen molar-refractivity contribution in [2.75, 3.05) is 12.9 Å². The van der Waals surface area contributed by atoms with E-state index < -0.39 is 0 Å². The fourth-order valence-electron chi connectivity index (χ4n) is 2.09. The number of hydrogen-bond donors (Lipinski definition) is 2. The van der Waals surface area contributed by atoms with Gasteiger partial charge < -0.3 is 4.74 Å². The number of thioether (sulfide) groups is 1. The van der Waals surface area contributed by atoms with E-state index in [2.05, 4.69) is 30.5 Å². The third kappa shape index (κ3) is 3.76. The van der Waals surface area contributed by atoms with E-state index in [1.54, 1.807) is 18.9 Å². The minimum atomic E-state index is 0.117. The van der Waals surface area contributed by atoms with Crippen LogP contribution in [0.4, 0.5) is 0 Å². The molecule has 0 radical (unpaired) electrons. The molecule has 0 aromatic heterocycles. The largest absolute Gasteiger partial charge is 0.497 e. The van der Waals surface area contributed by atoms with Gasteiger partial charge in [-0.1, -0.05) is 24.3 Å². The number of aryl methyl sites for hydroxylation is 1. The Kier molecular flexibility index (Phi) is 5.47. The summed E-state index contributed by atoms with van der Waals surface area (Å²) in [6.07, 6.45) is 0. The second-order valence-corrected chi connectivity index (χ2v) is 5.66. The smallest absolute Gasteiger partial charge is 0.119 e. The Hall–Kier alpha value is -1.49. The minimum Gasteiger partial charge on any atom is -0.497 e. The van der Waals surface area contributed by atoms with Crippen LogP contribution in [0.3, 0.4) is 0 Å². The summed E-state index contributed by atoms with van der Waals surface area (Å²) in [5.74, 6) is 7.47. The Bertz CT molecular complexity index is 545. The van der Waals surface area contributed by atoms with Crippen LogP contribution in [0.15, 0.2) is 53.4 Å². The van der Waals surface area contributed by atoms with Crippen LogP contribution in [0.25, 0.3) is 0 Å². The zero-order valence-corrected chi connectivity index (χ0v) is 12.6. The number of ether oxygens (including phenoxy) is 1. The van der Waals surface area contributed by atoms with Gasteiger partial charge in [-0.3, -0.25) is 11.3 Å². The molecule has 3 N–H and O–H groups in total. The third-order valence-corrected chi connectivity index (χ3v) is 4.32. The molecule has 2 aromatic rings. The van der Waals surface area contributed by atoms with Gasteiger partial charge in [0.25, 0.3) is 0 Å². The van der Waals surface area contributed by atoms with Crippen LogP contribution in [0.2, 0.25) is 0 Å². The predicted molar refractivity (Wildman–Crippen MR) is 85.0 cm³/mol. The van der Waals surface area contributed by atoms with Crippen molar-refractivity contribution < 1.29 is 4.74 Å². The van der Waals surface area contributed by atoms with Crippen LogP contribution in [-0.2, 0) is 0 Å². The third-order valence-electron chi connectivity index (χ3n) is 3.21. The van der Waals surface area contributed by atoms with Gasteiger partial charge in [0.1, 0.15) is 5.75 Å². The molecule has 0 amide bonds. The highest BCUT2D eigenvalue weighted by atomic mass is 32.2. The molecule has 0 bridgehead atoms. The lowest BCUT2D eigenvalue weighted by atomic mass is 10.0. The topological polar surface area (TPSA) is 47.3 Å². The van der Waals surface area contributed by atoms with E-state index in [4.69, 9.17) is 10.6 Å². The number of rotatable bonds is 6. The molecular weight excluding hydrogens is 268 g/mol. The Morgan fingerprint density at radius 3 is 2.55 bits per heavy atom. The molecule has 1 atom stereocenters. The van der Waals surface area contributed by atoms with E-state index in [1.165, 1.54) is 16.0 Å². The fraction of sp³-hybridized carbons (Fsp3) is 0.250. The fourth-order valence-corrected chi connectivity index (χ4v) is 3.07. The monoisotopic (exact) mass is 288 g/mol. The van der Waals surface area contributed by atoms with Crippen LogP contribution in [0.5, 0.6) is 5.75 Å². The molecule has 1 unspecified atom stereocenters. The minimum absolute atomic E-state index is 0.117. The number of benzene rings is 2. The normalized spacial score (nSPS) is 12.2. The van der Waals surface area contributed by atoms with Gasteiger partial charge in [0, 0.05) is 10.6 Å². The lowest BCUT2D eigenvalue weighted by Crippen LogP contribution is -2.30. The summed E-state index contributed by atoms with van der Waals surface area (Å²) in [5.41, 5.74) is 5.29. The second kappa shape index (κ2) is 7.33. The maximum absolute atomic E-state index is 5.71. The molecule has 3 nitrogen and oxygen atoms in total. The Morgan fingerprint density at radius 1 is 1.20 bits per heavy atom. The predicted octanol–water partition coefficient (Wildman–Crippen LogP) is 3.30. The summed E-state index contributed by atoms with van der Waals surface area (Å²) in [7, 11) is 1.68. The van der Waals surface area contributed by atoms with Crippen molar-refractivity contribution in [3.63, 3.8) is 0 Å². The van der Waals surface area contributed by atoms with Crippen molar-refractivity contribution in [1.29, 1.82) is 0 Å². The van der Waals surface area contributed by atoms with Gasteiger partial charge in [0.15, 0.2) is 0 Å². The Labute approximate surface area is 124 Å². The van der Waals surface area contributed by atoms with Crippen molar-refractivity contribution in [3.05, 3.63) is 59.7 Å². The number of hydrogen-bond acceptors (Lipinski definition) is 4. The molecule has 0 aliphatic heterocycles. The first kappa shape index (κ1) is 14.9. The average molecular weight is 288 g/mol. The molecule has 0 saturated carbocycles. The van der Waals surface area contributed by atoms with Gasteiger partial charge in [-0.15, -0.1) is 11.8 Å². The lowest BCUT2D eigenvalue weighted by molar-refractivity contribution is 0.414. The van der Waals surface area contributed by atoms with Crippen molar-refractivity contribution in [2.45, 2.75) is 17.9 Å². The first-order valence-electron chi connectivity index (χ1n) is 6.53. The van der Waals surface area contributed by atoms with E-state index in [-0.39, 0.29) is 6.04 Å². The summed E-state index contributed by atoms with van der Waals surface area (Å²) in [4.78, 5) is 1.25. The molecule has 2 aromatic carbocycles. The van der Waals surface area contributed by atoms with E-state index in [0.29, 0.717) is 0 Å². The zero-order chi connectivity index (χ0) is 14.4. The highest BCUT2D eigenvalue weighted by Crippen LogP contribution is 2.27. The number of methoxy groups -OCH3 is 1. The summed E-state index contributed by atoms with van der Waals surface area (Å²) in [6, 6.07) is 16.5. The van der Waals surface area contributed by atoms with E-state index in [0.717, 1.165) is 11.5 Å². The van der Waals surface area contributed by atoms with Crippen molar-refractivity contribution in [1.82, 2.24) is 5.43 Å². The van der Waals surface area contributed by atoms with Crippen molar-refractivity contribution in [3.8, 4) is 5.75 Å². The molecule has 0 aliphatic carbocycles. The summed E-state index contributed by atoms with van der Waals surface area (Å²) in [6.45, 7) is 2.08. The van der Waals surface area contributed by atoms with Crippen LogP contribution in [-0.4, -0.2) is 12.9 Å². The molecule has 0 aliphatic rings. The quantitative estimate of drug-likeness (QED) is 0.486. The van der Waals surface area contributed by atoms with Gasteiger partial charge in [-0.25, -0.2) is 0 Å². The molecule has 0 fully saturated rings. The Balaban J connectivity index is 2.08. The number of nitrogens with one attached hydrogen (secondary N) is 1. The van der Waals surface area contributed by atoms with Crippen LogP contribution < -0.4 is 16.0 Å². The van der Waals surface area contributed by atoms with Crippen LogP contribution >= 0.6 is 11.8 Å². The van der Waals surface area contributed by atoms with Crippen LogP contribution in [0.1, 0.15) is 17.2 Å². The summed E-state index contributed by atoms with van der Waals surface area (Å²) >= 11 is 1.79. The first-order valence-corrected chi connectivity index (χ1v) is 7.51. The standard InChI is InChI=1S/C16H20N2OS/c1-12-10-13(19-2)8-9-15(12)16(18-17)11-20-14-6-4-3-5-7-14/h3-10,16,18H,11,17H2,1-2H3. The van der Waals surface area contributed by atoms with E-state index >= 15 is 0 Å². The highest BCUT2D eigenvalue weighted by Gasteiger charge is 2.13. The second-order valence-electron chi connectivity index (χ2n) is 4.57. The molecule has 4 heteroatoms. The van der Waals surface area contributed by atoms with Crippen LogP contribution in [0, 0.1) is 6.92 Å².